The van der Waals surface area contributed by atoms with Crippen molar-refractivity contribution in [3.63, 3.8) is 0 Å². The van der Waals surface area contributed by atoms with Gasteiger partial charge < -0.3 is 0 Å². The van der Waals surface area contributed by atoms with Gasteiger partial charge in [0, 0.05) is 0 Å². The zero-order valence-corrected chi connectivity index (χ0v) is 10.6. The molecule has 9 heavy (non-hydrogen) atoms. The van der Waals surface area contributed by atoms with Crippen molar-refractivity contribution in [3.05, 3.63) is 0 Å². The van der Waals surface area contributed by atoms with Gasteiger partial charge in [0.1, 0.15) is 0 Å². The standard InChI is InChI=1S/C3H9OSi.3ClH.Ti/c1-5(2,3)4;;;;/h1-3H3;3*1H;/q-1;;;;+1. The largest absolute Gasteiger partial charge is 0.147 e. The van der Waals surface area contributed by atoms with Crippen molar-refractivity contribution >= 4 is 45.5 Å². The van der Waals surface area contributed by atoms with Gasteiger partial charge in [-0.05, 0) is 0 Å². The molecule has 0 amide bonds. The van der Waals surface area contributed by atoms with Crippen molar-refractivity contribution in [3.8, 4) is 0 Å². The van der Waals surface area contributed by atoms with Crippen LogP contribution in [-0.2, 0) is 23.8 Å². The van der Waals surface area contributed by atoms with Gasteiger partial charge in [-0.25, -0.2) is 0 Å². The quantitative estimate of drug-likeness (QED) is 0.646. The van der Waals surface area contributed by atoms with Gasteiger partial charge in [0.05, 0.1) is 0 Å². The number of hydrogen-bond acceptors (Lipinski definition) is 1. The van der Waals surface area contributed by atoms with Crippen molar-refractivity contribution in [1.29, 1.82) is 0 Å². The molecule has 0 aliphatic rings. The summed E-state index contributed by atoms with van der Waals surface area (Å²) < 4.78 is 5.08. The SMILES string of the molecule is C[Si](C)(C)[O][Ti].Cl.Cl.Cl. The van der Waals surface area contributed by atoms with Crippen LogP contribution in [0.4, 0.5) is 0 Å². The van der Waals surface area contributed by atoms with E-state index in [1.54, 1.807) is 20.8 Å². The number of rotatable bonds is 1. The first-order chi connectivity index (χ1) is 2.56. The van der Waals surface area contributed by atoms with Gasteiger partial charge in [-0.2, -0.15) is 0 Å². The molecule has 0 fully saturated rings. The van der Waals surface area contributed by atoms with Gasteiger partial charge in [-0.3, -0.25) is 0 Å². The summed E-state index contributed by atoms with van der Waals surface area (Å²) in [5.41, 5.74) is 0. The molecule has 0 heterocycles. The fraction of sp³-hybridized carbons (Fsp3) is 1.00. The Morgan fingerprint density at radius 2 is 1.11 bits per heavy atom. The van der Waals surface area contributed by atoms with Crippen LogP contribution in [0.3, 0.4) is 0 Å². The summed E-state index contributed by atoms with van der Waals surface area (Å²) >= 11 is 1.77. The fourth-order valence-corrected chi connectivity index (χ4v) is 0. The molecular weight excluding hydrogens is 234 g/mol. The van der Waals surface area contributed by atoms with E-state index in [0.29, 0.717) is 0 Å². The maximum absolute atomic E-state index is 5.08. The topological polar surface area (TPSA) is 9.23 Å². The van der Waals surface area contributed by atoms with Crippen LogP contribution in [-0.4, -0.2) is 8.32 Å². The predicted octanol–water partition coefficient (Wildman–Crippen LogP) is 2.57. The zero-order valence-electron chi connectivity index (χ0n) is 5.63. The van der Waals surface area contributed by atoms with E-state index in [4.69, 9.17) is 3.01 Å². The Hall–Kier alpha value is 1.76. The van der Waals surface area contributed by atoms with E-state index in [1.807, 2.05) is 0 Å². The average Bonchev–Trinajstić information content (AvgIpc) is 1.35. The average molecular weight is 246 g/mol. The van der Waals surface area contributed by atoms with Gasteiger partial charge in [0.2, 0.25) is 0 Å². The van der Waals surface area contributed by atoms with E-state index in [0.717, 1.165) is 0 Å². The second kappa shape index (κ2) is 9.76. The molecule has 0 aromatic rings. The zero-order chi connectivity index (χ0) is 5.21. The van der Waals surface area contributed by atoms with Gasteiger partial charge in [-0.1, -0.05) is 0 Å². The fourth-order valence-electron chi connectivity index (χ4n) is 0. The molecule has 0 atom stereocenters. The van der Waals surface area contributed by atoms with Gasteiger partial charge in [0.25, 0.3) is 0 Å². The molecule has 1 nitrogen and oxygen atoms in total. The second-order valence-corrected chi connectivity index (χ2v) is 7.60. The maximum Gasteiger partial charge on any atom is -0.147 e. The molecule has 0 aromatic carbocycles. The molecule has 0 aliphatic carbocycles. The molecule has 0 N–H and O–H groups in total. The molecule has 0 saturated carbocycles. The normalized spacial score (nSPS) is 7.78. The van der Waals surface area contributed by atoms with Crippen LogP contribution in [0.2, 0.25) is 19.6 Å². The summed E-state index contributed by atoms with van der Waals surface area (Å²) in [7, 11) is -1.13. The predicted molar refractivity (Wildman–Crippen MR) is 46.2 cm³/mol. The molecule has 0 unspecified atom stereocenters. The maximum atomic E-state index is 5.08. The second-order valence-electron chi connectivity index (χ2n) is 2.21. The molecule has 0 saturated heterocycles. The molecular formula is C3H12Cl3OSiTi. The van der Waals surface area contributed by atoms with Crippen LogP contribution in [0.5, 0.6) is 0 Å². The molecule has 0 aliphatic heterocycles. The summed E-state index contributed by atoms with van der Waals surface area (Å²) in [6, 6.07) is 0. The molecule has 6 heteroatoms. The molecule has 0 aromatic heterocycles. The van der Waals surface area contributed by atoms with Crippen LogP contribution in [0.25, 0.3) is 0 Å². The smallest absolute Gasteiger partial charge is 0.147 e. The van der Waals surface area contributed by atoms with E-state index in [1.165, 1.54) is 0 Å². The Morgan fingerprint density at radius 3 is 1.11 bits per heavy atom. The summed E-state index contributed by atoms with van der Waals surface area (Å²) in [6.07, 6.45) is 0. The van der Waals surface area contributed by atoms with Crippen molar-refractivity contribution in [2.24, 2.45) is 0 Å². The van der Waals surface area contributed by atoms with E-state index >= 15 is 0 Å². The monoisotopic (exact) mass is 245 g/mol. The first-order valence-electron chi connectivity index (χ1n) is 1.91. The van der Waals surface area contributed by atoms with E-state index in [9.17, 15) is 0 Å². The minimum absolute atomic E-state index is 0. The minimum Gasteiger partial charge on any atom is -0.147 e. The third-order valence-electron chi connectivity index (χ3n) is 0.306. The van der Waals surface area contributed by atoms with Crippen LogP contribution in [0.15, 0.2) is 0 Å². The third-order valence-corrected chi connectivity index (χ3v) is 3.79. The Morgan fingerprint density at radius 1 is 1.00 bits per heavy atom. The van der Waals surface area contributed by atoms with E-state index < -0.39 is 8.32 Å². The van der Waals surface area contributed by atoms with Gasteiger partial charge in [-0.15, -0.1) is 37.2 Å². The molecule has 0 rings (SSSR count). The third kappa shape index (κ3) is 25.9. The molecule has 59 valence electrons. The summed E-state index contributed by atoms with van der Waals surface area (Å²) in [5, 5.41) is 0. The molecule has 0 spiro atoms. The van der Waals surface area contributed by atoms with E-state index in [-0.39, 0.29) is 37.2 Å². The number of halogens is 3. The van der Waals surface area contributed by atoms with Gasteiger partial charge in [0.15, 0.2) is 0 Å². The van der Waals surface area contributed by atoms with Crippen LogP contribution in [0.1, 0.15) is 0 Å². The van der Waals surface area contributed by atoms with Crippen molar-refractivity contribution in [1.82, 2.24) is 0 Å². The van der Waals surface area contributed by atoms with Crippen LogP contribution >= 0.6 is 37.2 Å². The number of hydrogen-bond donors (Lipinski definition) is 0. The molecule has 0 radical (unpaired) electrons. The first kappa shape index (κ1) is 22.4. The van der Waals surface area contributed by atoms with Crippen molar-refractivity contribution < 1.29 is 23.8 Å². The first-order valence-corrected chi connectivity index (χ1v) is 5.95. The van der Waals surface area contributed by atoms with Crippen molar-refractivity contribution in [2.75, 3.05) is 0 Å². The molecule has 0 bridgehead atoms. The van der Waals surface area contributed by atoms with Crippen LogP contribution in [0, 0.1) is 0 Å². The van der Waals surface area contributed by atoms with E-state index in [2.05, 4.69) is 19.6 Å². The van der Waals surface area contributed by atoms with Gasteiger partial charge >= 0.3 is 51.8 Å². The Labute approximate surface area is 88.6 Å². The Balaban J connectivity index is -0.0000000417. The summed E-state index contributed by atoms with van der Waals surface area (Å²) in [4.78, 5) is 0. The Bertz CT molecular complexity index is 48.8. The summed E-state index contributed by atoms with van der Waals surface area (Å²) in [6.45, 7) is 6.48. The summed E-state index contributed by atoms with van der Waals surface area (Å²) in [5.74, 6) is 0. The minimum atomic E-state index is -1.13. The van der Waals surface area contributed by atoms with Crippen molar-refractivity contribution in [2.45, 2.75) is 19.6 Å². The Kier molecular flexibility index (Phi) is 24.3. The van der Waals surface area contributed by atoms with Crippen LogP contribution < -0.4 is 0 Å².